The smallest absolute Gasteiger partial charge is 0.427 e. The lowest BCUT2D eigenvalue weighted by molar-refractivity contribution is -0.127. The lowest BCUT2D eigenvalue weighted by Gasteiger charge is -2.39. The molecule has 6 heteroatoms. The predicted molar refractivity (Wildman–Crippen MR) is 109 cm³/mol. The van der Waals surface area contributed by atoms with E-state index in [4.69, 9.17) is 5.73 Å². The number of allylic oxidation sites excluding steroid dienone is 1. The van der Waals surface area contributed by atoms with Crippen molar-refractivity contribution in [3.05, 3.63) is 12.2 Å². The summed E-state index contributed by atoms with van der Waals surface area (Å²) in [5, 5.41) is 18.5. The number of rotatable bonds is 5. The Morgan fingerprint density at radius 2 is 1.70 bits per heavy atom. The van der Waals surface area contributed by atoms with Crippen molar-refractivity contribution in [3.63, 3.8) is 0 Å². The molecule has 0 radical (unpaired) electrons. The maximum Gasteiger partial charge on any atom is 0.454 e. The summed E-state index contributed by atoms with van der Waals surface area (Å²) in [6.45, 7) is 2.61. The highest BCUT2D eigenvalue weighted by Gasteiger charge is 2.32. The minimum atomic E-state index is -1.19. The average molecular weight is 376 g/mol. The number of piperidine rings is 1. The lowest BCUT2D eigenvalue weighted by Crippen LogP contribution is -2.40. The van der Waals surface area contributed by atoms with E-state index in [1.54, 1.807) is 6.08 Å². The van der Waals surface area contributed by atoms with Crippen molar-refractivity contribution < 1.29 is 14.8 Å². The van der Waals surface area contributed by atoms with E-state index in [-0.39, 0.29) is 11.7 Å². The lowest BCUT2D eigenvalue weighted by atomic mass is 9.63. The zero-order valence-electron chi connectivity index (χ0n) is 16.6. The first-order valence-electron chi connectivity index (χ1n) is 11.1. The first-order valence-corrected chi connectivity index (χ1v) is 11.1. The highest BCUT2D eigenvalue weighted by molar-refractivity contribution is 6.43. The second-order valence-electron chi connectivity index (χ2n) is 9.14. The summed E-state index contributed by atoms with van der Waals surface area (Å²) in [5.41, 5.74) is 5.89. The molecule has 3 fully saturated rings. The van der Waals surface area contributed by atoms with Crippen LogP contribution >= 0.6 is 0 Å². The minimum Gasteiger partial charge on any atom is -0.427 e. The summed E-state index contributed by atoms with van der Waals surface area (Å²) in [6, 6.07) is 0. The van der Waals surface area contributed by atoms with Crippen LogP contribution in [0.4, 0.5) is 0 Å². The molecule has 27 heavy (non-hydrogen) atoms. The van der Waals surface area contributed by atoms with Crippen LogP contribution in [0.2, 0.25) is 5.82 Å². The van der Waals surface area contributed by atoms with Gasteiger partial charge >= 0.3 is 7.12 Å². The Morgan fingerprint density at radius 3 is 2.33 bits per heavy atom. The normalized spacial score (nSPS) is 33.4. The Labute approximate surface area is 164 Å². The van der Waals surface area contributed by atoms with Gasteiger partial charge in [-0.25, -0.2) is 0 Å². The van der Waals surface area contributed by atoms with Crippen molar-refractivity contribution in [2.45, 2.75) is 70.0 Å². The molecule has 152 valence electrons. The fourth-order valence-corrected chi connectivity index (χ4v) is 5.53. The van der Waals surface area contributed by atoms with E-state index in [2.05, 4.69) is 6.08 Å². The average Bonchev–Trinajstić information content (AvgIpc) is 2.72. The van der Waals surface area contributed by atoms with Crippen molar-refractivity contribution in [2.24, 2.45) is 29.4 Å². The molecular weight excluding hydrogens is 339 g/mol. The van der Waals surface area contributed by atoms with Gasteiger partial charge in [-0.05, 0) is 80.6 Å². The van der Waals surface area contributed by atoms with E-state index in [1.807, 2.05) is 4.90 Å². The third kappa shape index (κ3) is 5.82. The highest BCUT2D eigenvalue weighted by Crippen LogP contribution is 2.38. The maximum absolute atomic E-state index is 12.5. The molecule has 2 atom stereocenters. The third-order valence-electron chi connectivity index (χ3n) is 7.42. The van der Waals surface area contributed by atoms with E-state index in [0.717, 1.165) is 70.0 Å². The van der Waals surface area contributed by atoms with E-state index in [1.165, 1.54) is 25.7 Å². The quantitative estimate of drug-likeness (QED) is 0.508. The number of carbonyl (C=O) groups excluding carboxylic acids is 1. The van der Waals surface area contributed by atoms with Gasteiger partial charge in [0.25, 0.3) is 0 Å². The molecule has 3 aliphatic rings. The number of hydrogen-bond acceptors (Lipinski definition) is 4. The number of nitrogens with zero attached hydrogens (tertiary/aromatic N) is 1. The van der Waals surface area contributed by atoms with Crippen molar-refractivity contribution in [1.82, 2.24) is 4.90 Å². The third-order valence-corrected chi connectivity index (χ3v) is 7.42. The van der Waals surface area contributed by atoms with Crippen LogP contribution < -0.4 is 5.73 Å². The van der Waals surface area contributed by atoms with Gasteiger partial charge in [0, 0.05) is 13.1 Å². The maximum atomic E-state index is 12.5. The zero-order valence-corrected chi connectivity index (χ0v) is 16.6. The summed E-state index contributed by atoms with van der Waals surface area (Å²) in [7, 11) is -1.19. The molecule has 1 aliphatic heterocycles. The molecule has 1 heterocycles. The monoisotopic (exact) mass is 376 g/mol. The summed E-state index contributed by atoms with van der Waals surface area (Å²) in [5.74, 6) is 2.86. The molecule has 1 amide bonds. The molecule has 2 unspecified atom stereocenters. The van der Waals surface area contributed by atoms with Crippen LogP contribution in [0.5, 0.6) is 0 Å². The fraction of sp³-hybridized carbons (Fsp3) is 0.857. The van der Waals surface area contributed by atoms with Gasteiger partial charge in [-0.3, -0.25) is 4.79 Å². The minimum absolute atomic E-state index is 0.00281. The van der Waals surface area contributed by atoms with E-state index in [0.29, 0.717) is 11.8 Å². The van der Waals surface area contributed by atoms with Gasteiger partial charge in [0.2, 0.25) is 5.91 Å². The van der Waals surface area contributed by atoms with Gasteiger partial charge < -0.3 is 20.7 Å². The van der Waals surface area contributed by atoms with Gasteiger partial charge in [0.15, 0.2) is 0 Å². The molecule has 0 spiro atoms. The Bertz CT molecular complexity index is 498. The van der Waals surface area contributed by atoms with Crippen LogP contribution in [0.3, 0.4) is 0 Å². The summed E-state index contributed by atoms with van der Waals surface area (Å²) in [4.78, 5) is 14.6. The first kappa shape index (κ1) is 20.9. The first-order chi connectivity index (χ1) is 13.1. The topological polar surface area (TPSA) is 86.8 Å². The van der Waals surface area contributed by atoms with Crippen LogP contribution in [0.15, 0.2) is 12.2 Å². The van der Waals surface area contributed by atoms with Crippen molar-refractivity contribution in [3.8, 4) is 0 Å². The SMILES string of the molecule is NCC1CCCC(C2CCN(C(=O)/C=C/C3CCC(B(O)O)CC3)CC2)C1. The van der Waals surface area contributed by atoms with Crippen molar-refractivity contribution in [1.29, 1.82) is 0 Å². The summed E-state index contributed by atoms with van der Waals surface area (Å²) < 4.78 is 0. The number of carbonyl (C=O) groups is 1. The Morgan fingerprint density at radius 1 is 1.00 bits per heavy atom. The van der Waals surface area contributed by atoms with Gasteiger partial charge in [-0.1, -0.05) is 31.8 Å². The highest BCUT2D eigenvalue weighted by atomic mass is 16.4. The van der Waals surface area contributed by atoms with Crippen LogP contribution in [-0.4, -0.2) is 47.6 Å². The van der Waals surface area contributed by atoms with Crippen molar-refractivity contribution in [2.75, 3.05) is 19.6 Å². The van der Waals surface area contributed by atoms with Crippen LogP contribution in [0.25, 0.3) is 0 Å². The molecule has 0 aromatic rings. The number of hydrogen-bond donors (Lipinski definition) is 3. The Balaban J connectivity index is 1.40. The van der Waals surface area contributed by atoms with Crippen molar-refractivity contribution >= 4 is 13.0 Å². The molecule has 0 aromatic heterocycles. The number of likely N-dealkylation sites (tertiary alicyclic amines) is 1. The molecule has 1 saturated heterocycles. The second kappa shape index (κ2) is 10.1. The second-order valence-corrected chi connectivity index (χ2v) is 9.14. The molecule has 0 bridgehead atoms. The molecule has 3 rings (SSSR count). The van der Waals surface area contributed by atoms with Crippen LogP contribution in [-0.2, 0) is 4.79 Å². The molecule has 4 N–H and O–H groups in total. The van der Waals surface area contributed by atoms with E-state index >= 15 is 0 Å². The molecule has 0 aromatic carbocycles. The van der Waals surface area contributed by atoms with Gasteiger partial charge in [-0.2, -0.15) is 0 Å². The summed E-state index contributed by atoms with van der Waals surface area (Å²) >= 11 is 0. The van der Waals surface area contributed by atoms with E-state index < -0.39 is 7.12 Å². The fourth-order valence-electron chi connectivity index (χ4n) is 5.53. The van der Waals surface area contributed by atoms with Crippen LogP contribution in [0.1, 0.15) is 64.2 Å². The van der Waals surface area contributed by atoms with Gasteiger partial charge in [0.1, 0.15) is 0 Å². The number of amides is 1. The molecular formula is C21H37BN2O3. The van der Waals surface area contributed by atoms with Crippen LogP contribution in [0, 0.1) is 23.7 Å². The predicted octanol–water partition coefficient (Wildman–Crippen LogP) is 2.58. The Kier molecular flexibility index (Phi) is 7.80. The molecule has 2 aliphatic carbocycles. The largest absolute Gasteiger partial charge is 0.454 e. The summed E-state index contributed by atoms with van der Waals surface area (Å²) in [6.07, 6.45) is 14.9. The zero-order chi connectivity index (χ0) is 19.2. The van der Waals surface area contributed by atoms with E-state index in [9.17, 15) is 14.8 Å². The molecule has 2 saturated carbocycles. The van der Waals surface area contributed by atoms with Gasteiger partial charge in [0.05, 0.1) is 0 Å². The van der Waals surface area contributed by atoms with Gasteiger partial charge in [-0.15, -0.1) is 0 Å². The standard InChI is InChI=1S/C21H37BN2O3/c23-15-17-2-1-3-19(14-17)18-10-12-24(13-11-18)21(25)9-6-16-4-7-20(8-5-16)22(26)27/h6,9,16-20,26-27H,1-5,7-8,10-15,23H2/b9-6+. The number of nitrogens with two attached hydrogens (primary N) is 1. The Hall–Kier alpha value is -0.845. The molecule has 5 nitrogen and oxygen atoms in total.